The van der Waals surface area contributed by atoms with E-state index in [9.17, 15) is 0 Å². The lowest BCUT2D eigenvalue weighted by Gasteiger charge is -2.26. The van der Waals surface area contributed by atoms with Crippen molar-refractivity contribution in [1.82, 2.24) is 15.1 Å². The molecule has 2 unspecified atom stereocenters. The molecule has 1 N–H and O–H groups in total. The highest BCUT2D eigenvalue weighted by Gasteiger charge is 2.37. The summed E-state index contributed by atoms with van der Waals surface area (Å²) in [7, 11) is 2.00. The molecule has 1 fully saturated rings. The van der Waals surface area contributed by atoms with Crippen molar-refractivity contribution in [3.8, 4) is 0 Å². The van der Waals surface area contributed by atoms with E-state index in [0.29, 0.717) is 6.10 Å². The van der Waals surface area contributed by atoms with Gasteiger partial charge in [0, 0.05) is 24.9 Å². The number of hydrogen-bond acceptors (Lipinski definition) is 3. The smallest absolute Gasteiger partial charge is 0.0798 e. The zero-order valence-corrected chi connectivity index (χ0v) is 11.0. The van der Waals surface area contributed by atoms with E-state index in [-0.39, 0.29) is 6.04 Å². The number of aryl methyl sites for hydroxylation is 1. The largest absolute Gasteiger partial charge is 0.376 e. The Morgan fingerprint density at radius 2 is 2.29 bits per heavy atom. The average Bonchev–Trinajstić information content (AvgIpc) is 3.08. The molecule has 1 heterocycles. The molecule has 0 aliphatic heterocycles. The predicted octanol–water partition coefficient (Wildman–Crippen LogP) is 1.98. The molecule has 1 aromatic rings. The Labute approximate surface area is 103 Å². The molecule has 0 saturated heterocycles. The van der Waals surface area contributed by atoms with E-state index in [2.05, 4.69) is 30.5 Å². The molecular formula is C13H23N3O. The molecular weight excluding hydrogens is 214 g/mol. The monoisotopic (exact) mass is 237 g/mol. The van der Waals surface area contributed by atoms with Gasteiger partial charge in [0.2, 0.25) is 0 Å². The van der Waals surface area contributed by atoms with E-state index in [0.717, 1.165) is 19.1 Å². The zero-order chi connectivity index (χ0) is 12.3. The van der Waals surface area contributed by atoms with E-state index >= 15 is 0 Å². The maximum Gasteiger partial charge on any atom is 0.0798 e. The van der Waals surface area contributed by atoms with E-state index in [1.54, 1.807) is 0 Å². The van der Waals surface area contributed by atoms with E-state index in [1.165, 1.54) is 18.4 Å². The minimum Gasteiger partial charge on any atom is -0.376 e. The summed E-state index contributed by atoms with van der Waals surface area (Å²) in [5.41, 5.74) is 1.24. The summed E-state index contributed by atoms with van der Waals surface area (Å²) in [5.74, 6) is 0.720. The molecule has 1 aromatic heterocycles. The topological polar surface area (TPSA) is 39.1 Å². The van der Waals surface area contributed by atoms with Crippen LogP contribution in [0.25, 0.3) is 0 Å². The Bertz CT molecular complexity index is 346. The van der Waals surface area contributed by atoms with Crippen LogP contribution >= 0.6 is 0 Å². The van der Waals surface area contributed by atoms with Crippen LogP contribution in [0.4, 0.5) is 0 Å². The quantitative estimate of drug-likeness (QED) is 0.788. The summed E-state index contributed by atoms with van der Waals surface area (Å²) in [6.45, 7) is 5.87. The molecule has 0 aromatic carbocycles. The lowest BCUT2D eigenvalue weighted by atomic mass is 10.0. The molecule has 1 aliphatic carbocycles. The van der Waals surface area contributed by atoms with E-state index < -0.39 is 0 Å². The number of aromatic nitrogens is 2. The molecule has 0 bridgehead atoms. The van der Waals surface area contributed by atoms with Crippen molar-refractivity contribution in [2.45, 2.75) is 45.4 Å². The molecule has 0 amide bonds. The van der Waals surface area contributed by atoms with E-state index in [1.807, 2.05) is 17.9 Å². The van der Waals surface area contributed by atoms with Crippen LogP contribution in [0.1, 0.15) is 38.3 Å². The van der Waals surface area contributed by atoms with Crippen molar-refractivity contribution in [1.29, 1.82) is 0 Å². The lowest BCUT2D eigenvalue weighted by molar-refractivity contribution is 0.0204. The average molecular weight is 237 g/mol. The maximum atomic E-state index is 5.92. The van der Waals surface area contributed by atoms with Crippen molar-refractivity contribution in [2.24, 2.45) is 5.92 Å². The normalized spacial score (nSPS) is 19.2. The first-order valence-electron chi connectivity index (χ1n) is 6.61. The van der Waals surface area contributed by atoms with Crippen LogP contribution in [0.5, 0.6) is 0 Å². The third-order valence-electron chi connectivity index (χ3n) is 3.42. The van der Waals surface area contributed by atoms with Crippen LogP contribution in [-0.2, 0) is 11.3 Å². The molecule has 0 radical (unpaired) electrons. The standard InChI is InChI=1S/C13H23N3O/c1-4-16-9-11(8-15-16)12(14-3)13(17-5-2)10-6-7-10/h8-10,12-14H,4-7H2,1-3H3. The van der Waals surface area contributed by atoms with Crippen LogP contribution in [0.3, 0.4) is 0 Å². The molecule has 0 spiro atoms. The fourth-order valence-electron chi connectivity index (χ4n) is 2.36. The Balaban J connectivity index is 2.12. The van der Waals surface area contributed by atoms with Crippen molar-refractivity contribution >= 4 is 0 Å². The Morgan fingerprint density at radius 3 is 2.76 bits per heavy atom. The van der Waals surface area contributed by atoms with Crippen LogP contribution < -0.4 is 5.32 Å². The minimum atomic E-state index is 0.266. The van der Waals surface area contributed by atoms with Gasteiger partial charge in [-0.3, -0.25) is 4.68 Å². The van der Waals surface area contributed by atoms with Crippen molar-refractivity contribution < 1.29 is 4.74 Å². The van der Waals surface area contributed by atoms with Gasteiger partial charge in [0.1, 0.15) is 0 Å². The van der Waals surface area contributed by atoms with Crippen molar-refractivity contribution in [3.05, 3.63) is 18.0 Å². The highest BCUT2D eigenvalue weighted by molar-refractivity contribution is 5.14. The van der Waals surface area contributed by atoms with E-state index in [4.69, 9.17) is 4.74 Å². The maximum absolute atomic E-state index is 5.92. The van der Waals surface area contributed by atoms with Crippen LogP contribution in [0.15, 0.2) is 12.4 Å². The van der Waals surface area contributed by atoms with Gasteiger partial charge in [-0.1, -0.05) is 0 Å². The van der Waals surface area contributed by atoms with Crippen LogP contribution in [-0.4, -0.2) is 29.5 Å². The van der Waals surface area contributed by atoms with Gasteiger partial charge < -0.3 is 10.1 Å². The van der Waals surface area contributed by atoms with Crippen LogP contribution in [0.2, 0.25) is 0 Å². The molecule has 2 atom stereocenters. The van der Waals surface area contributed by atoms with Gasteiger partial charge in [0.05, 0.1) is 18.3 Å². The highest BCUT2D eigenvalue weighted by Crippen LogP contribution is 2.39. The Morgan fingerprint density at radius 1 is 1.53 bits per heavy atom. The van der Waals surface area contributed by atoms with Gasteiger partial charge >= 0.3 is 0 Å². The molecule has 4 nitrogen and oxygen atoms in total. The van der Waals surface area contributed by atoms with Gasteiger partial charge in [-0.2, -0.15) is 5.10 Å². The fraction of sp³-hybridized carbons (Fsp3) is 0.769. The third-order valence-corrected chi connectivity index (χ3v) is 3.42. The van der Waals surface area contributed by atoms with Crippen molar-refractivity contribution in [2.75, 3.05) is 13.7 Å². The first kappa shape index (κ1) is 12.6. The molecule has 17 heavy (non-hydrogen) atoms. The number of likely N-dealkylation sites (N-methyl/N-ethyl adjacent to an activating group) is 1. The second-order valence-electron chi connectivity index (χ2n) is 4.65. The summed E-state index contributed by atoms with van der Waals surface area (Å²) >= 11 is 0. The van der Waals surface area contributed by atoms with Gasteiger partial charge in [0.25, 0.3) is 0 Å². The molecule has 1 aliphatic rings. The van der Waals surface area contributed by atoms with Crippen LogP contribution in [0, 0.1) is 5.92 Å². The SMILES string of the molecule is CCOC(C1CC1)C(NC)c1cnn(CC)c1. The summed E-state index contributed by atoms with van der Waals surface area (Å²) in [5, 5.41) is 7.73. The Kier molecular flexibility index (Phi) is 4.18. The van der Waals surface area contributed by atoms with Gasteiger partial charge in [-0.05, 0) is 39.7 Å². The Hall–Kier alpha value is -0.870. The summed E-state index contributed by atoms with van der Waals surface area (Å²) in [6.07, 6.45) is 6.96. The second kappa shape index (κ2) is 5.65. The molecule has 96 valence electrons. The van der Waals surface area contributed by atoms with Gasteiger partial charge in [0.15, 0.2) is 0 Å². The number of hydrogen-bond donors (Lipinski definition) is 1. The fourth-order valence-corrected chi connectivity index (χ4v) is 2.36. The summed E-state index contributed by atoms with van der Waals surface area (Å²) in [4.78, 5) is 0. The third kappa shape index (κ3) is 2.87. The molecule has 1 saturated carbocycles. The highest BCUT2D eigenvalue weighted by atomic mass is 16.5. The lowest BCUT2D eigenvalue weighted by Crippen LogP contribution is -2.33. The minimum absolute atomic E-state index is 0.266. The second-order valence-corrected chi connectivity index (χ2v) is 4.65. The number of nitrogens with one attached hydrogen (secondary N) is 1. The molecule has 4 heteroatoms. The first-order chi connectivity index (χ1) is 8.30. The molecule has 2 rings (SSSR count). The zero-order valence-electron chi connectivity index (χ0n) is 11.0. The van der Waals surface area contributed by atoms with Crippen molar-refractivity contribution in [3.63, 3.8) is 0 Å². The first-order valence-corrected chi connectivity index (χ1v) is 6.61. The number of nitrogens with zero attached hydrogens (tertiary/aromatic N) is 2. The number of rotatable bonds is 7. The summed E-state index contributed by atoms with van der Waals surface area (Å²) in [6, 6.07) is 0.266. The predicted molar refractivity (Wildman–Crippen MR) is 67.8 cm³/mol. The van der Waals surface area contributed by atoms with Gasteiger partial charge in [-0.15, -0.1) is 0 Å². The number of ether oxygens (including phenoxy) is 1. The summed E-state index contributed by atoms with van der Waals surface area (Å²) < 4.78 is 7.88. The van der Waals surface area contributed by atoms with Gasteiger partial charge in [-0.25, -0.2) is 0 Å².